The second kappa shape index (κ2) is 10.7. The van der Waals surface area contributed by atoms with Gasteiger partial charge in [-0.1, -0.05) is 0 Å². The number of nitriles is 1. The highest BCUT2D eigenvalue weighted by Gasteiger charge is 2.26. The van der Waals surface area contributed by atoms with Crippen LogP contribution < -0.4 is 19.7 Å². The van der Waals surface area contributed by atoms with E-state index in [1.165, 1.54) is 32.5 Å². The van der Waals surface area contributed by atoms with Crippen LogP contribution in [0.15, 0.2) is 54.7 Å². The van der Waals surface area contributed by atoms with Crippen LogP contribution in [0.5, 0.6) is 11.6 Å². The number of anilines is 2. The first-order valence-electron chi connectivity index (χ1n) is 11.2. The van der Waals surface area contributed by atoms with Crippen molar-refractivity contribution in [1.29, 1.82) is 5.26 Å². The van der Waals surface area contributed by atoms with Gasteiger partial charge in [-0.15, -0.1) is 0 Å². The minimum Gasteiger partial charge on any atom is -0.497 e. The molecule has 0 atom stereocenters. The van der Waals surface area contributed by atoms with Gasteiger partial charge in [-0.2, -0.15) is 5.26 Å². The third-order valence-electron chi connectivity index (χ3n) is 5.90. The predicted molar refractivity (Wildman–Crippen MR) is 131 cm³/mol. The van der Waals surface area contributed by atoms with Crippen molar-refractivity contribution >= 4 is 23.2 Å². The van der Waals surface area contributed by atoms with E-state index in [0.717, 1.165) is 0 Å². The molecule has 2 aromatic carbocycles. The molecule has 0 spiro atoms. The summed E-state index contributed by atoms with van der Waals surface area (Å²) in [4.78, 5) is 33.5. The Bertz CT molecular complexity index is 1330. The van der Waals surface area contributed by atoms with Gasteiger partial charge in [0.05, 0.1) is 42.8 Å². The standard InChI is InChI=1S/C26H24FN5O4/c1-35-18-6-7-19(21(27)15-18)26(34)32-12-10-31(11-13-32)23-8-5-17(16-28)14-22(23)30-24(33)20-4-3-9-29-25(20)36-2/h3-9,14-15H,10-13H2,1-2H3,(H,30,33). The summed E-state index contributed by atoms with van der Waals surface area (Å²) in [7, 11) is 2.86. The van der Waals surface area contributed by atoms with Crippen molar-refractivity contribution in [3.05, 3.63) is 77.2 Å². The number of methoxy groups -OCH3 is 2. The van der Waals surface area contributed by atoms with Crippen LogP contribution >= 0.6 is 0 Å². The van der Waals surface area contributed by atoms with Crippen LogP contribution in [0.2, 0.25) is 0 Å². The van der Waals surface area contributed by atoms with Crippen LogP contribution in [0.3, 0.4) is 0 Å². The van der Waals surface area contributed by atoms with Crippen LogP contribution in [0.25, 0.3) is 0 Å². The van der Waals surface area contributed by atoms with Crippen LogP contribution in [0.4, 0.5) is 15.8 Å². The molecule has 10 heteroatoms. The number of pyridine rings is 1. The predicted octanol–water partition coefficient (Wildman–Crippen LogP) is 3.32. The summed E-state index contributed by atoms with van der Waals surface area (Å²) in [5, 5.41) is 12.2. The number of rotatable bonds is 6. The molecule has 1 aromatic heterocycles. The number of piperazine rings is 1. The lowest BCUT2D eigenvalue weighted by atomic mass is 10.1. The number of carbonyl (C=O) groups is 2. The van der Waals surface area contributed by atoms with Crippen molar-refractivity contribution in [3.8, 4) is 17.7 Å². The second-order valence-electron chi connectivity index (χ2n) is 7.98. The quantitative estimate of drug-likeness (QED) is 0.566. The van der Waals surface area contributed by atoms with E-state index < -0.39 is 17.6 Å². The fraction of sp³-hybridized carbons (Fsp3) is 0.231. The Kier molecular flexibility index (Phi) is 7.30. The summed E-state index contributed by atoms with van der Waals surface area (Å²) in [6.07, 6.45) is 1.52. The molecule has 4 rings (SSSR count). The van der Waals surface area contributed by atoms with Crippen molar-refractivity contribution in [2.45, 2.75) is 0 Å². The molecule has 1 aliphatic rings. The highest BCUT2D eigenvalue weighted by Crippen LogP contribution is 2.30. The molecule has 0 bridgehead atoms. The summed E-state index contributed by atoms with van der Waals surface area (Å²) in [6.45, 7) is 1.62. The molecule has 2 amide bonds. The maximum Gasteiger partial charge on any atom is 0.261 e. The van der Waals surface area contributed by atoms with E-state index in [-0.39, 0.29) is 17.0 Å². The first-order chi connectivity index (χ1) is 17.4. The maximum atomic E-state index is 14.4. The van der Waals surface area contributed by atoms with Gasteiger partial charge in [0.25, 0.3) is 11.8 Å². The monoisotopic (exact) mass is 489 g/mol. The first kappa shape index (κ1) is 24.5. The molecule has 0 radical (unpaired) electrons. The van der Waals surface area contributed by atoms with Gasteiger partial charge in [0.1, 0.15) is 17.1 Å². The highest BCUT2D eigenvalue weighted by molar-refractivity contribution is 6.07. The molecule has 9 nitrogen and oxygen atoms in total. The Balaban J connectivity index is 1.51. The minimum atomic E-state index is -0.635. The lowest BCUT2D eigenvalue weighted by Crippen LogP contribution is -2.49. The lowest BCUT2D eigenvalue weighted by molar-refractivity contribution is 0.0742. The molecule has 36 heavy (non-hydrogen) atoms. The number of ether oxygens (including phenoxy) is 2. The number of amides is 2. The smallest absolute Gasteiger partial charge is 0.261 e. The largest absolute Gasteiger partial charge is 0.497 e. The third-order valence-corrected chi connectivity index (χ3v) is 5.90. The summed E-state index contributed by atoms with van der Waals surface area (Å²) in [5.74, 6) is -0.935. The van der Waals surface area contributed by atoms with Gasteiger partial charge in [0, 0.05) is 38.4 Å². The number of hydrogen-bond acceptors (Lipinski definition) is 7. The number of hydrogen-bond donors (Lipinski definition) is 1. The zero-order valence-corrected chi connectivity index (χ0v) is 19.8. The van der Waals surface area contributed by atoms with Gasteiger partial charge < -0.3 is 24.6 Å². The summed E-state index contributed by atoms with van der Waals surface area (Å²) in [6, 6.07) is 14.5. The summed E-state index contributed by atoms with van der Waals surface area (Å²) in [5.41, 5.74) is 1.78. The average molecular weight is 490 g/mol. The van der Waals surface area contributed by atoms with Gasteiger partial charge in [-0.25, -0.2) is 9.37 Å². The van der Waals surface area contributed by atoms with Crippen LogP contribution in [0, 0.1) is 17.1 Å². The fourth-order valence-corrected chi connectivity index (χ4v) is 4.01. The second-order valence-corrected chi connectivity index (χ2v) is 7.98. The Morgan fingerprint density at radius 3 is 2.47 bits per heavy atom. The van der Waals surface area contributed by atoms with Gasteiger partial charge in [0.2, 0.25) is 5.88 Å². The Morgan fingerprint density at radius 1 is 1.03 bits per heavy atom. The Hall–Kier alpha value is -4.65. The molecule has 0 unspecified atom stereocenters. The normalized spacial score (nSPS) is 13.1. The molecule has 0 saturated carbocycles. The fourth-order valence-electron chi connectivity index (χ4n) is 4.01. The molecular formula is C26H24FN5O4. The Morgan fingerprint density at radius 2 is 1.81 bits per heavy atom. The van der Waals surface area contributed by atoms with E-state index in [1.807, 2.05) is 4.90 Å². The maximum absolute atomic E-state index is 14.4. The van der Waals surface area contributed by atoms with Crippen LogP contribution in [-0.2, 0) is 0 Å². The molecule has 184 valence electrons. The molecule has 1 N–H and O–H groups in total. The number of nitrogens with zero attached hydrogens (tertiary/aromatic N) is 4. The molecule has 2 heterocycles. The zero-order valence-electron chi connectivity index (χ0n) is 19.8. The molecule has 1 aliphatic heterocycles. The topological polar surface area (TPSA) is 108 Å². The molecule has 3 aromatic rings. The number of carbonyl (C=O) groups excluding carboxylic acids is 2. The van der Waals surface area contributed by atoms with Crippen LogP contribution in [-0.4, -0.2) is 62.1 Å². The number of aromatic nitrogens is 1. The first-order valence-corrected chi connectivity index (χ1v) is 11.2. The number of halogens is 1. The van der Waals surface area contributed by atoms with Crippen molar-refractivity contribution in [2.24, 2.45) is 0 Å². The van der Waals surface area contributed by atoms with Crippen molar-refractivity contribution in [2.75, 3.05) is 50.6 Å². The van der Waals surface area contributed by atoms with Crippen LogP contribution in [0.1, 0.15) is 26.3 Å². The zero-order chi connectivity index (χ0) is 25.7. The van der Waals surface area contributed by atoms with Gasteiger partial charge in [-0.3, -0.25) is 9.59 Å². The van der Waals surface area contributed by atoms with E-state index in [2.05, 4.69) is 16.4 Å². The molecule has 0 aliphatic carbocycles. The number of nitrogens with one attached hydrogen (secondary N) is 1. The minimum absolute atomic E-state index is 0.0130. The van der Waals surface area contributed by atoms with E-state index in [1.54, 1.807) is 41.3 Å². The van der Waals surface area contributed by atoms with E-state index in [4.69, 9.17) is 9.47 Å². The molecule has 1 fully saturated rings. The van der Waals surface area contributed by atoms with Gasteiger partial charge >= 0.3 is 0 Å². The highest BCUT2D eigenvalue weighted by atomic mass is 19.1. The summed E-state index contributed by atoms with van der Waals surface area (Å²) >= 11 is 0. The Labute approximate surface area is 207 Å². The van der Waals surface area contributed by atoms with Gasteiger partial charge in [0.15, 0.2) is 0 Å². The van der Waals surface area contributed by atoms with E-state index in [9.17, 15) is 19.2 Å². The average Bonchev–Trinajstić information content (AvgIpc) is 2.92. The van der Waals surface area contributed by atoms with E-state index in [0.29, 0.717) is 48.9 Å². The van der Waals surface area contributed by atoms with E-state index >= 15 is 0 Å². The lowest BCUT2D eigenvalue weighted by Gasteiger charge is -2.37. The van der Waals surface area contributed by atoms with Crippen molar-refractivity contribution < 1.29 is 23.5 Å². The van der Waals surface area contributed by atoms with Crippen molar-refractivity contribution in [3.63, 3.8) is 0 Å². The van der Waals surface area contributed by atoms with Crippen molar-refractivity contribution in [1.82, 2.24) is 9.88 Å². The summed E-state index contributed by atoms with van der Waals surface area (Å²) < 4.78 is 24.6. The number of benzene rings is 2. The SMILES string of the molecule is COc1ccc(C(=O)N2CCN(c3ccc(C#N)cc3NC(=O)c3cccnc3OC)CC2)c(F)c1. The van der Waals surface area contributed by atoms with Gasteiger partial charge in [-0.05, 0) is 42.5 Å². The third kappa shape index (κ3) is 5.05. The molecule has 1 saturated heterocycles. The molecular weight excluding hydrogens is 465 g/mol.